The molecule has 0 radical (unpaired) electrons. The number of benzene rings is 3. The molecule has 3 aromatic carbocycles. The van der Waals surface area contributed by atoms with Crippen LogP contribution in [0.2, 0.25) is 5.02 Å². The molecule has 0 bridgehead atoms. The number of carbonyl (C=O) groups is 1. The van der Waals surface area contributed by atoms with Gasteiger partial charge in [0.05, 0.1) is 5.56 Å². The van der Waals surface area contributed by atoms with Crippen molar-refractivity contribution < 1.29 is 9.90 Å². The van der Waals surface area contributed by atoms with Gasteiger partial charge >= 0.3 is 5.97 Å². The number of hydrogen-bond acceptors (Lipinski definition) is 1. The zero-order valence-electron chi connectivity index (χ0n) is 20.4. The first-order valence-corrected chi connectivity index (χ1v) is 12.3. The average Bonchev–Trinajstić information content (AvgIpc) is 2.80. The van der Waals surface area contributed by atoms with Gasteiger partial charge in [-0.1, -0.05) is 93.9 Å². The molecule has 0 fully saturated rings. The van der Waals surface area contributed by atoms with Gasteiger partial charge in [-0.3, -0.25) is 0 Å². The van der Waals surface area contributed by atoms with Gasteiger partial charge in [0.2, 0.25) is 0 Å². The molecule has 0 heterocycles. The third-order valence-corrected chi connectivity index (χ3v) is 7.56. The van der Waals surface area contributed by atoms with Crippen LogP contribution in [0.4, 0.5) is 0 Å². The van der Waals surface area contributed by atoms with Crippen LogP contribution < -0.4 is 0 Å². The number of rotatable bonds is 6. The van der Waals surface area contributed by atoms with E-state index in [-0.39, 0.29) is 16.7 Å². The Morgan fingerprint density at radius 3 is 2.26 bits per heavy atom. The van der Waals surface area contributed by atoms with E-state index in [0.29, 0.717) is 5.56 Å². The highest BCUT2D eigenvalue weighted by molar-refractivity contribution is 6.30. The lowest BCUT2D eigenvalue weighted by Crippen LogP contribution is -2.34. The van der Waals surface area contributed by atoms with Crippen molar-refractivity contribution in [3.8, 4) is 0 Å². The molecule has 0 aliphatic heterocycles. The molecule has 1 aliphatic rings. The van der Waals surface area contributed by atoms with Crippen LogP contribution in [-0.2, 0) is 17.3 Å². The molecule has 176 valence electrons. The van der Waals surface area contributed by atoms with Crippen molar-refractivity contribution in [1.82, 2.24) is 0 Å². The monoisotopic (exact) mass is 472 g/mol. The fourth-order valence-electron chi connectivity index (χ4n) is 5.02. The first-order valence-electron chi connectivity index (χ1n) is 12.0. The third-order valence-electron chi connectivity index (χ3n) is 7.33. The maximum atomic E-state index is 11.2. The van der Waals surface area contributed by atoms with E-state index in [9.17, 15) is 9.90 Å². The van der Waals surface area contributed by atoms with Crippen LogP contribution in [0.25, 0.3) is 6.08 Å². The molecule has 1 atom stereocenters. The topological polar surface area (TPSA) is 37.3 Å². The lowest BCUT2D eigenvalue weighted by atomic mass is 9.62. The van der Waals surface area contributed by atoms with Gasteiger partial charge in [0, 0.05) is 10.9 Å². The Kier molecular flexibility index (Phi) is 6.73. The number of hydrogen-bond donors (Lipinski definition) is 1. The predicted molar refractivity (Wildman–Crippen MR) is 142 cm³/mol. The Labute approximate surface area is 208 Å². The Hall–Kier alpha value is -2.84. The predicted octanol–water partition coefficient (Wildman–Crippen LogP) is 8.43. The van der Waals surface area contributed by atoms with E-state index in [0.717, 1.165) is 17.0 Å². The van der Waals surface area contributed by atoms with E-state index in [1.54, 1.807) is 12.1 Å². The zero-order chi connectivity index (χ0) is 24.5. The van der Waals surface area contributed by atoms with Crippen molar-refractivity contribution in [3.63, 3.8) is 0 Å². The van der Waals surface area contributed by atoms with Gasteiger partial charge in [0.1, 0.15) is 0 Å². The minimum atomic E-state index is -0.908. The van der Waals surface area contributed by atoms with E-state index < -0.39 is 5.97 Å². The van der Waals surface area contributed by atoms with Crippen molar-refractivity contribution in [2.45, 2.75) is 63.7 Å². The van der Waals surface area contributed by atoms with Crippen LogP contribution >= 0.6 is 11.6 Å². The normalized spacial score (nSPS) is 17.3. The Balaban J connectivity index is 1.73. The molecule has 1 N–H and O–H groups in total. The van der Waals surface area contributed by atoms with Crippen LogP contribution in [0, 0.1) is 0 Å². The van der Waals surface area contributed by atoms with E-state index in [1.165, 1.54) is 35.1 Å². The highest BCUT2D eigenvalue weighted by Gasteiger charge is 2.37. The van der Waals surface area contributed by atoms with Gasteiger partial charge in [-0.05, 0) is 82.2 Å². The van der Waals surface area contributed by atoms with Gasteiger partial charge < -0.3 is 5.11 Å². The van der Waals surface area contributed by atoms with Gasteiger partial charge in [-0.2, -0.15) is 0 Å². The number of carboxylic acid groups (broad SMARTS) is 1. The van der Waals surface area contributed by atoms with E-state index >= 15 is 0 Å². The summed E-state index contributed by atoms with van der Waals surface area (Å²) < 4.78 is 0. The number of aromatic carboxylic acids is 1. The summed E-state index contributed by atoms with van der Waals surface area (Å²) in [5, 5.41) is 9.92. The number of halogens is 1. The van der Waals surface area contributed by atoms with E-state index in [1.807, 2.05) is 30.3 Å². The Bertz CT molecular complexity index is 1220. The summed E-state index contributed by atoms with van der Waals surface area (Å²) in [5.41, 5.74) is 7.03. The van der Waals surface area contributed by atoms with Gasteiger partial charge in [0.15, 0.2) is 0 Å². The summed E-state index contributed by atoms with van der Waals surface area (Å²) in [6.45, 7) is 9.42. The standard InChI is InChI=1S/C31H33ClO2/c1-30(2)16-17-31(3,4)28-20-25(14-15-27(28)30)24(18-22-6-5-7-26(32)19-22)13-10-21-8-11-23(12-9-21)29(33)34/h5-15,19-20,24H,16-18H2,1-4H3,(H,33,34)/b13-10+. The number of allylic oxidation sites excluding steroid dienone is 1. The molecule has 0 amide bonds. The summed E-state index contributed by atoms with van der Waals surface area (Å²) >= 11 is 6.29. The van der Waals surface area contributed by atoms with E-state index in [4.69, 9.17) is 11.6 Å². The SMILES string of the molecule is CC1(C)CCC(C)(C)c2cc(C(/C=C/c3ccc(C(=O)O)cc3)Cc3cccc(Cl)c3)ccc21. The summed E-state index contributed by atoms with van der Waals surface area (Å²) in [6.07, 6.45) is 7.55. The molecule has 3 aromatic rings. The maximum Gasteiger partial charge on any atom is 0.335 e. The van der Waals surface area contributed by atoms with Gasteiger partial charge in [-0.25, -0.2) is 4.79 Å². The van der Waals surface area contributed by atoms with Crippen molar-refractivity contribution in [1.29, 1.82) is 0 Å². The van der Waals surface area contributed by atoms with Crippen molar-refractivity contribution in [2.24, 2.45) is 0 Å². The van der Waals surface area contributed by atoms with Gasteiger partial charge in [-0.15, -0.1) is 0 Å². The minimum Gasteiger partial charge on any atom is -0.478 e. The average molecular weight is 473 g/mol. The molecule has 4 rings (SSSR count). The second-order valence-electron chi connectivity index (χ2n) is 10.8. The molecule has 0 saturated heterocycles. The highest BCUT2D eigenvalue weighted by Crippen LogP contribution is 2.46. The second-order valence-corrected chi connectivity index (χ2v) is 11.2. The van der Waals surface area contributed by atoms with Crippen molar-refractivity contribution in [2.75, 3.05) is 0 Å². The van der Waals surface area contributed by atoms with Crippen LogP contribution in [0.15, 0.2) is 72.8 Å². The molecular formula is C31H33ClO2. The van der Waals surface area contributed by atoms with Crippen molar-refractivity contribution in [3.05, 3.63) is 111 Å². The highest BCUT2D eigenvalue weighted by atomic mass is 35.5. The molecule has 34 heavy (non-hydrogen) atoms. The summed E-state index contributed by atoms with van der Waals surface area (Å²) in [5.74, 6) is -0.738. The first-order chi connectivity index (χ1) is 16.0. The van der Waals surface area contributed by atoms with Crippen LogP contribution in [0.1, 0.15) is 84.6 Å². The van der Waals surface area contributed by atoms with Crippen LogP contribution in [-0.4, -0.2) is 11.1 Å². The molecule has 0 spiro atoms. The second kappa shape index (κ2) is 9.43. The zero-order valence-corrected chi connectivity index (χ0v) is 21.2. The smallest absolute Gasteiger partial charge is 0.335 e. The molecule has 3 heteroatoms. The first kappa shape index (κ1) is 24.3. The van der Waals surface area contributed by atoms with Crippen LogP contribution in [0.5, 0.6) is 0 Å². The maximum absolute atomic E-state index is 11.2. The summed E-state index contributed by atoms with van der Waals surface area (Å²) in [7, 11) is 0. The Morgan fingerprint density at radius 1 is 0.941 bits per heavy atom. The molecule has 0 saturated carbocycles. The molecule has 2 nitrogen and oxygen atoms in total. The minimum absolute atomic E-state index is 0.151. The lowest BCUT2D eigenvalue weighted by Gasteiger charge is -2.42. The summed E-state index contributed by atoms with van der Waals surface area (Å²) in [6, 6.07) is 22.1. The fourth-order valence-corrected chi connectivity index (χ4v) is 5.23. The lowest BCUT2D eigenvalue weighted by molar-refractivity contribution is 0.0697. The third kappa shape index (κ3) is 5.28. The number of fused-ring (bicyclic) bond motifs is 1. The van der Waals surface area contributed by atoms with Crippen molar-refractivity contribution >= 4 is 23.6 Å². The fraction of sp³-hybridized carbons (Fsp3) is 0.323. The van der Waals surface area contributed by atoms with Crippen LogP contribution in [0.3, 0.4) is 0 Å². The largest absolute Gasteiger partial charge is 0.478 e. The molecule has 0 aromatic heterocycles. The molecular weight excluding hydrogens is 440 g/mol. The molecule has 1 unspecified atom stereocenters. The van der Waals surface area contributed by atoms with Gasteiger partial charge in [0.25, 0.3) is 0 Å². The Morgan fingerprint density at radius 2 is 1.62 bits per heavy atom. The van der Waals surface area contributed by atoms with E-state index in [2.05, 4.69) is 64.1 Å². The quantitative estimate of drug-likeness (QED) is 0.390. The number of carboxylic acids is 1. The summed E-state index contributed by atoms with van der Waals surface area (Å²) in [4.78, 5) is 11.2. The molecule has 1 aliphatic carbocycles.